The van der Waals surface area contributed by atoms with Crippen LogP contribution in [-0.2, 0) is 4.79 Å². The Bertz CT molecular complexity index is 1820. The molecule has 3 aliphatic rings. The van der Waals surface area contributed by atoms with E-state index in [1.165, 1.54) is 28.7 Å². The van der Waals surface area contributed by atoms with Gasteiger partial charge in [0, 0.05) is 12.1 Å². The van der Waals surface area contributed by atoms with Crippen molar-refractivity contribution in [3.05, 3.63) is 84.8 Å². The standard InChI is InChI=1S/C36H40N4O4S/c1-43-27-17-9-11-23(19-27)20-30-34(41)40-33(38)29(22-37)31(24-12-10-18-28(21-24)44-2)32(36(40)45-30)35(42)39(25-13-5-3-6-14-25)26-15-7-4-8-16-26/h9-12,17-21,25-26,31H,3-8,13-16,38H2,1-2H3/b30-20+. The van der Waals surface area contributed by atoms with Crippen molar-refractivity contribution in [3.8, 4) is 17.6 Å². The van der Waals surface area contributed by atoms with Crippen molar-refractivity contribution in [1.29, 1.82) is 5.26 Å². The molecular formula is C36H40N4O4S. The van der Waals surface area contributed by atoms with Gasteiger partial charge in [-0.2, -0.15) is 5.26 Å². The van der Waals surface area contributed by atoms with Crippen LogP contribution in [0.15, 0.2) is 58.9 Å². The van der Waals surface area contributed by atoms with Gasteiger partial charge in [-0.15, -0.1) is 11.3 Å². The summed E-state index contributed by atoms with van der Waals surface area (Å²) in [7, 11) is 3.19. The Morgan fingerprint density at radius 3 is 2.16 bits per heavy atom. The fourth-order valence-electron chi connectivity index (χ4n) is 7.28. The number of amides is 1. The van der Waals surface area contributed by atoms with Gasteiger partial charge in [0.15, 0.2) is 0 Å². The Morgan fingerprint density at radius 2 is 1.56 bits per heavy atom. The monoisotopic (exact) mass is 624 g/mol. The van der Waals surface area contributed by atoms with Gasteiger partial charge >= 0.3 is 0 Å². The van der Waals surface area contributed by atoms with Crippen LogP contribution in [0.2, 0.25) is 0 Å². The Labute approximate surface area is 267 Å². The number of benzene rings is 2. The molecule has 1 aliphatic heterocycles. The van der Waals surface area contributed by atoms with Gasteiger partial charge in [-0.05, 0) is 67.2 Å². The molecule has 2 aromatic carbocycles. The molecule has 2 saturated carbocycles. The van der Waals surface area contributed by atoms with Gasteiger partial charge in [-0.25, -0.2) is 0 Å². The number of nitrogens with two attached hydrogens (primary N) is 1. The molecule has 0 spiro atoms. The molecule has 0 radical (unpaired) electrons. The summed E-state index contributed by atoms with van der Waals surface area (Å²) in [4.78, 5) is 31.5. The number of hydrogen-bond acceptors (Lipinski definition) is 7. The minimum absolute atomic E-state index is 0.0605. The van der Waals surface area contributed by atoms with Crippen LogP contribution in [0.5, 0.6) is 11.5 Å². The van der Waals surface area contributed by atoms with Gasteiger partial charge in [-0.1, -0.05) is 62.8 Å². The highest BCUT2D eigenvalue weighted by Crippen LogP contribution is 2.40. The zero-order valence-electron chi connectivity index (χ0n) is 26.0. The maximum absolute atomic E-state index is 15.3. The normalized spacial score (nSPS) is 19.6. The fraction of sp³-hybridized carbons (Fsp3) is 0.417. The second kappa shape index (κ2) is 13.4. The molecule has 9 heteroatoms. The van der Waals surface area contributed by atoms with Gasteiger partial charge in [-0.3, -0.25) is 14.2 Å². The molecular weight excluding hydrogens is 584 g/mol. The molecule has 2 aliphatic carbocycles. The predicted molar refractivity (Wildman–Crippen MR) is 177 cm³/mol. The van der Waals surface area contributed by atoms with Crippen LogP contribution in [0.1, 0.15) is 81.3 Å². The van der Waals surface area contributed by atoms with Gasteiger partial charge in [0.25, 0.3) is 11.5 Å². The highest BCUT2D eigenvalue weighted by atomic mass is 32.1. The number of methoxy groups -OCH3 is 2. The lowest BCUT2D eigenvalue weighted by Crippen LogP contribution is -2.51. The molecule has 6 rings (SSSR count). The van der Waals surface area contributed by atoms with Crippen molar-refractivity contribution >= 4 is 34.7 Å². The first-order valence-electron chi connectivity index (χ1n) is 15.9. The molecule has 1 aromatic heterocycles. The van der Waals surface area contributed by atoms with Crippen LogP contribution in [-0.4, -0.2) is 41.7 Å². The average Bonchev–Trinajstić information content (AvgIpc) is 3.40. The van der Waals surface area contributed by atoms with Gasteiger partial charge in [0.05, 0.1) is 41.9 Å². The number of fused-ring (bicyclic) bond motifs is 1. The minimum Gasteiger partial charge on any atom is -0.497 e. The molecule has 234 valence electrons. The van der Waals surface area contributed by atoms with Crippen LogP contribution in [0.3, 0.4) is 0 Å². The summed E-state index contributed by atoms with van der Waals surface area (Å²) in [6.07, 6.45) is 12.4. The van der Waals surface area contributed by atoms with E-state index >= 15 is 4.79 Å². The quantitative estimate of drug-likeness (QED) is 0.403. The highest BCUT2D eigenvalue weighted by Gasteiger charge is 2.41. The first kappa shape index (κ1) is 30.7. The third-order valence-corrected chi connectivity index (χ3v) is 10.6. The minimum atomic E-state index is -0.741. The number of rotatable bonds is 7. The molecule has 0 bridgehead atoms. The van der Waals surface area contributed by atoms with Crippen LogP contribution >= 0.6 is 11.3 Å². The van der Waals surface area contributed by atoms with E-state index in [0.29, 0.717) is 26.3 Å². The molecule has 0 saturated heterocycles. The second-order valence-corrected chi connectivity index (χ2v) is 13.2. The molecule has 2 N–H and O–H groups in total. The third kappa shape index (κ3) is 5.91. The number of nitrogens with zero attached hydrogens (tertiary/aromatic N) is 3. The Kier molecular flexibility index (Phi) is 9.13. The van der Waals surface area contributed by atoms with Gasteiger partial charge in [0.2, 0.25) is 0 Å². The first-order valence-corrected chi connectivity index (χ1v) is 16.7. The topological polar surface area (TPSA) is 111 Å². The van der Waals surface area contributed by atoms with Gasteiger partial charge in [0.1, 0.15) is 22.0 Å². The SMILES string of the molecule is COc1cccc(/C=c2/sc3n(c2=O)C(N)=C(C#N)C(c2cccc(OC)c2)C=3C(=O)N(C2CCCCC2)C2CCCCC2)c1. The molecule has 3 aromatic rings. The average molecular weight is 625 g/mol. The zero-order valence-corrected chi connectivity index (χ0v) is 26.8. The largest absolute Gasteiger partial charge is 0.497 e. The molecule has 1 atom stereocenters. The molecule has 45 heavy (non-hydrogen) atoms. The van der Waals surface area contributed by atoms with E-state index < -0.39 is 5.92 Å². The molecule has 2 fully saturated rings. The fourth-order valence-corrected chi connectivity index (χ4v) is 8.45. The van der Waals surface area contributed by atoms with Crippen molar-refractivity contribution in [2.75, 3.05) is 14.2 Å². The highest BCUT2D eigenvalue weighted by molar-refractivity contribution is 7.07. The number of thiazole rings is 1. The van der Waals surface area contributed by atoms with E-state index in [4.69, 9.17) is 15.2 Å². The van der Waals surface area contributed by atoms with Crippen molar-refractivity contribution in [2.24, 2.45) is 5.73 Å². The lowest BCUT2D eigenvalue weighted by Gasteiger charge is -2.43. The van der Waals surface area contributed by atoms with E-state index in [2.05, 4.69) is 11.0 Å². The predicted octanol–water partition coefficient (Wildman–Crippen LogP) is 4.85. The number of hydrogen-bond donors (Lipinski definition) is 1. The zero-order chi connectivity index (χ0) is 31.5. The summed E-state index contributed by atoms with van der Waals surface area (Å²) >= 11 is 1.26. The van der Waals surface area contributed by atoms with E-state index in [9.17, 15) is 10.1 Å². The van der Waals surface area contributed by atoms with Crippen molar-refractivity contribution in [3.63, 3.8) is 0 Å². The van der Waals surface area contributed by atoms with Crippen LogP contribution in [0, 0.1) is 11.3 Å². The number of nitriles is 1. The molecule has 2 heterocycles. The molecule has 1 amide bonds. The second-order valence-electron chi connectivity index (χ2n) is 12.2. The summed E-state index contributed by atoms with van der Waals surface area (Å²) < 4.78 is 13.2. The smallest absolute Gasteiger partial charge is 0.274 e. The first-order chi connectivity index (χ1) is 21.9. The van der Waals surface area contributed by atoms with E-state index in [0.717, 1.165) is 62.5 Å². The maximum Gasteiger partial charge on any atom is 0.274 e. The summed E-state index contributed by atoms with van der Waals surface area (Å²) in [6, 6.07) is 17.5. The number of carbonyl (C=O) groups excluding carboxylic acids is 1. The van der Waals surface area contributed by atoms with E-state index in [-0.39, 0.29) is 34.9 Å². The van der Waals surface area contributed by atoms with Crippen molar-refractivity contribution < 1.29 is 14.3 Å². The summed E-state index contributed by atoms with van der Waals surface area (Å²) in [5, 5.41) is 10.6. The summed E-state index contributed by atoms with van der Waals surface area (Å²) in [6.45, 7) is 0. The third-order valence-electron chi connectivity index (χ3n) is 9.49. The Hall–Kier alpha value is -4.29. The summed E-state index contributed by atoms with van der Waals surface area (Å²) in [5.74, 6) is 0.519. The number of allylic oxidation sites excluding steroid dienone is 1. The van der Waals surface area contributed by atoms with Crippen LogP contribution in [0.4, 0.5) is 0 Å². The van der Waals surface area contributed by atoms with Crippen LogP contribution in [0.25, 0.3) is 17.5 Å². The lowest BCUT2D eigenvalue weighted by atomic mass is 9.81. The maximum atomic E-state index is 15.3. The van der Waals surface area contributed by atoms with Crippen molar-refractivity contribution in [1.82, 2.24) is 9.47 Å². The van der Waals surface area contributed by atoms with E-state index in [1.54, 1.807) is 20.3 Å². The van der Waals surface area contributed by atoms with Gasteiger partial charge < -0.3 is 20.1 Å². The van der Waals surface area contributed by atoms with Crippen LogP contribution < -0.4 is 30.0 Å². The van der Waals surface area contributed by atoms with E-state index in [1.807, 2.05) is 48.5 Å². The number of aromatic nitrogens is 1. The number of ether oxygens (including phenoxy) is 2. The molecule has 1 unspecified atom stereocenters. The lowest BCUT2D eigenvalue weighted by molar-refractivity contribution is -0.131. The Morgan fingerprint density at radius 1 is 0.956 bits per heavy atom. The molecule has 8 nitrogen and oxygen atoms in total. The summed E-state index contributed by atoms with van der Waals surface area (Å²) in [5.41, 5.74) is 8.51. The Balaban J connectivity index is 1.63. The number of carbonyl (C=O) groups is 1. The van der Waals surface area contributed by atoms with Crippen molar-refractivity contribution in [2.45, 2.75) is 82.2 Å².